The summed E-state index contributed by atoms with van der Waals surface area (Å²) in [6, 6.07) is 12.9. The van der Waals surface area contributed by atoms with Gasteiger partial charge in [0, 0.05) is 41.9 Å². The van der Waals surface area contributed by atoms with Gasteiger partial charge in [-0.15, -0.1) is 0 Å². The molecule has 3 rings (SSSR count). The van der Waals surface area contributed by atoms with Gasteiger partial charge in [0.25, 0.3) is 0 Å². The lowest BCUT2D eigenvalue weighted by atomic mass is 10.2. The molecule has 0 unspecified atom stereocenters. The minimum absolute atomic E-state index is 0.00672. The summed E-state index contributed by atoms with van der Waals surface area (Å²) in [5, 5.41) is 7.62. The molecule has 170 valence electrons. The summed E-state index contributed by atoms with van der Waals surface area (Å²) in [6.07, 6.45) is 3.38. The first-order valence-electron chi connectivity index (χ1n) is 9.97. The first kappa shape index (κ1) is 23.9. The van der Waals surface area contributed by atoms with Crippen molar-refractivity contribution in [1.29, 1.82) is 0 Å². The van der Waals surface area contributed by atoms with Gasteiger partial charge in [-0.05, 0) is 48.4 Å². The van der Waals surface area contributed by atoms with E-state index in [1.54, 1.807) is 18.3 Å². The Hall–Kier alpha value is -2.75. The third kappa shape index (κ3) is 6.88. The number of amides is 1. The fourth-order valence-corrected chi connectivity index (χ4v) is 4.02. The van der Waals surface area contributed by atoms with Crippen LogP contribution in [0.1, 0.15) is 12.0 Å². The molecule has 1 heterocycles. The predicted molar refractivity (Wildman–Crippen MR) is 125 cm³/mol. The highest BCUT2D eigenvalue weighted by Gasteiger charge is 2.20. The van der Waals surface area contributed by atoms with Crippen molar-refractivity contribution in [1.82, 2.24) is 14.6 Å². The number of carbonyl (C=O) groups is 1. The zero-order valence-corrected chi connectivity index (χ0v) is 19.1. The van der Waals surface area contributed by atoms with Crippen LogP contribution in [0.5, 0.6) is 0 Å². The second-order valence-electron chi connectivity index (χ2n) is 7.31. The zero-order valence-electron chi connectivity index (χ0n) is 17.5. The number of rotatable bonds is 10. The number of fused-ring (bicyclic) bond motifs is 1. The number of pyridine rings is 1. The van der Waals surface area contributed by atoms with Crippen LogP contribution >= 0.6 is 11.6 Å². The number of aromatic nitrogens is 1. The fourth-order valence-electron chi connectivity index (χ4n) is 3.11. The molecule has 0 aliphatic heterocycles. The van der Waals surface area contributed by atoms with E-state index in [0.29, 0.717) is 30.1 Å². The van der Waals surface area contributed by atoms with E-state index in [-0.39, 0.29) is 13.1 Å². The van der Waals surface area contributed by atoms with Crippen LogP contribution in [0.3, 0.4) is 0 Å². The number of nitrogens with one attached hydrogen (secondary N) is 2. The second kappa shape index (κ2) is 10.7. The van der Waals surface area contributed by atoms with Crippen LogP contribution in [-0.4, -0.2) is 49.5 Å². The van der Waals surface area contributed by atoms with Gasteiger partial charge >= 0.3 is 0 Å². The molecule has 0 bridgehead atoms. The van der Waals surface area contributed by atoms with Crippen LogP contribution in [-0.2, 0) is 21.4 Å². The van der Waals surface area contributed by atoms with Gasteiger partial charge in [0.15, 0.2) is 0 Å². The molecule has 0 aliphatic carbocycles. The molecule has 0 radical (unpaired) electrons. The van der Waals surface area contributed by atoms with Crippen molar-refractivity contribution in [3.05, 3.63) is 71.1 Å². The SMILES string of the molecule is CS(=O)(=O)N(CC(=O)NCCCNc1ccnc2cc(Cl)ccc12)Cc1ccc(F)cc1. The molecule has 3 aromatic rings. The van der Waals surface area contributed by atoms with Crippen LogP contribution in [0.25, 0.3) is 10.9 Å². The van der Waals surface area contributed by atoms with E-state index in [9.17, 15) is 17.6 Å². The smallest absolute Gasteiger partial charge is 0.235 e. The van der Waals surface area contributed by atoms with Gasteiger partial charge in [0.1, 0.15) is 5.82 Å². The summed E-state index contributed by atoms with van der Waals surface area (Å²) < 4.78 is 38.2. The summed E-state index contributed by atoms with van der Waals surface area (Å²) in [4.78, 5) is 16.6. The standard InChI is InChI=1S/C22H24ClFN4O3S/c1-32(30,31)28(14-16-3-6-18(24)7-4-16)15-22(29)27-11-2-10-25-20-9-12-26-21-13-17(23)5-8-19(20)21/h3-9,12-13H,2,10-11,14-15H2,1H3,(H,25,26)(H,27,29). The van der Waals surface area contributed by atoms with Crippen LogP contribution in [0.2, 0.25) is 5.02 Å². The molecule has 0 fully saturated rings. The number of benzene rings is 2. The summed E-state index contributed by atoms with van der Waals surface area (Å²) >= 11 is 6.01. The summed E-state index contributed by atoms with van der Waals surface area (Å²) in [6.45, 7) is 0.675. The van der Waals surface area contributed by atoms with Crippen molar-refractivity contribution < 1.29 is 17.6 Å². The number of halogens is 2. The van der Waals surface area contributed by atoms with Gasteiger partial charge in [0.05, 0.1) is 18.3 Å². The molecule has 10 heteroatoms. The molecule has 2 N–H and O–H groups in total. The monoisotopic (exact) mass is 478 g/mol. The average molecular weight is 479 g/mol. The fraction of sp³-hybridized carbons (Fsp3) is 0.273. The Kier molecular flexibility index (Phi) is 8.00. The largest absolute Gasteiger partial charge is 0.384 e. The maximum Gasteiger partial charge on any atom is 0.235 e. The Balaban J connectivity index is 1.47. The van der Waals surface area contributed by atoms with Crippen LogP contribution in [0, 0.1) is 5.82 Å². The minimum atomic E-state index is -3.61. The van der Waals surface area contributed by atoms with E-state index in [4.69, 9.17) is 11.6 Å². The molecule has 2 aromatic carbocycles. The number of hydrogen-bond acceptors (Lipinski definition) is 5. The Morgan fingerprint density at radius 3 is 2.59 bits per heavy atom. The van der Waals surface area contributed by atoms with Gasteiger partial charge in [0.2, 0.25) is 15.9 Å². The first-order valence-corrected chi connectivity index (χ1v) is 12.2. The summed E-state index contributed by atoms with van der Waals surface area (Å²) in [5.74, 6) is -0.809. The molecule has 7 nitrogen and oxygen atoms in total. The molecular weight excluding hydrogens is 455 g/mol. The number of carbonyl (C=O) groups excluding carboxylic acids is 1. The molecule has 32 heavy (non-hydrogen) atoms. The van der Waals surface area contributed by atoms with Gasteiger partial charge in [-0.25, -0.2) is 12.8 Å². The van der Waals surface area contributed by atoms with E-state index in [1.165, 1.54) is 24.3 Å². The van der Waals surface area contributed by atoms with Crippen molar-refractivity contribution in [2.45, 2.75) is 13.0 Å². The molecule has 0 aliphatic rings. The topological polar surface area (TPSA) is 91.4 Å². The lowest BCUT2D eigenvalue weighted by Crippen LogP contribution is -2.40. The van der Waals surface area contributed by atoms with Crippen molar-refractivity contribution in [2.75, 3.05) is 31.2 Å². The van der Waals surface area contributed by atoms with Gasteiger partial charge in [-0.3, -0.25) is 9.78 Å². The Morgan fingerprint density at radius 2 is 1.88 bits per heavy atom. The van der Waals surface area contributed by atoms with Crippen LogP contribution in [0.4, 0.5) is 10.1 Å². The molecule has 1 amide bonds. The van der Waals surface area contributed by atoms with Gasteiger partial charge in [-0.2, -0.15) is 4.31 Å². The molecule has 0 atom stereocenters. The third-order valence-corrected chi connectivity index (χ3v) is 6.19. The Morgan fingerprint density at radius 1 is 1.12 bits per heavy atom. The van der Waals surface area contributed by atoms with E-state index in [2.05, 4.69) is 15.6 Å². The van der Waals surface area contributed by atoms with Crippen molar-refractivity contribution >= 4 is 44.1 Å². The molecule has 0 saturated heterocycles. The molecular formula is C22H24ClFN4O3S. The average Bonchev–Trinajstić information content (AvgIpc) is 2.73. The van der Waals surface area contributed by atoms with Gasteiger partial charge < -0.3 is 10.6 Å². The number of anilines is 1. The number of sulfonamides is 1. The third-order valence-electron chi connectivity index (χ3n) is 4.76. The summed E-state index contributed by atoms with van der Waals surface area (Å²) in [5.41, 5.74) is 2.30. The van der Waals surface area contributed by atoms with Crippen molar-refractivity contribution in [2.24, 2.45) is 0 Å². The highest BCUT2D eigenvalue weighted by Crippen LogP contribution is 2.24. The lowest BCUT2D eigenvalue weighted by Gasteiger charge is -2.19. The Bertz CT molecular complexity index is 1190. The van der Waals surface area contributed by atoms with Gasteiger partial charge in [-0.1, -0.05) is 23.7 Å². The highest BCUT2D eigenvalue weighted by molar-refractivity contribution is 7.88. The van der Waals surface area contributed by atoms with E-state index in [0.717, 1.165) is 27.2 Å². The number of nitrogens with zero attached hydrogens (tertiary/aromatic N) is 2. The Labute approximate surface area is 191 Å². The normalized spacial score (nSPS) is 11.6. The lowest BCUT2D eigenvalue weighted by molar-refractivity contribution is -0.121. The van der Waals surface area contributed by atoms with Crippen LogP contribution in [0.15, 0.2) is 54.7 Å². The molecule has 0 spiro atoms. The maximum absolute atomic E-state index is 13.1. The highest BCUT2D eigenvalue weighted by atomic mass is 35.5. The van der Waals surface area contributed by atoms with E-state index < -0.39 is 21.7 Å². The minimum Gasteiger partial charge on any atom is -0.384 e. The molecule has 1 aromatic heterocycles. The number of hydrogen-bond donors (Lipinski definition) is 2. The maximum atomic E-state index is 13.1. The summed E-state index contributed by atoms with van der Waals surface area (Å²) in [7, 11) is -3.61. The quantitative estimate of drug-likeness (QED) is 0.436. The van der Waals surface area contributed by atoms with Crippen molar-refractivity contribution in [3.63, 3.8) is 0 Å². The second-order valence-corrected chi connectivity index (χ2v) is 9.73. The van der Waals surface area contributed by atoms with E-state index in [1.807, 2.05) is 12.1 Å². The van der Waals surface area contributed by atoms with Crippen LogP contribution < -0.4 is 10.6 Å². The van der Waals surface area contributed by atoms with E-state index >= 15 is 0 Å². The zero-order chi connectivity index (χ0) is 23.1. The predicted octanol–water partition coefficient (Wildman–Crippen LogP) is 3.41. The van der Waals surface area contributed by atoms with Crippen molar-refractivity contribution in [3.8, 4) is 0 Å². The first-order chi connectivity index (χ1) is 15.2. The molecule has 0 saturated carbocycles.